The predicted molar refractivity (Wildman–Crippen MR) is 82.2 cm³/mol. The number of esters is 1. The van der Waals surface area contributed by atoms with Gasteiger partial charge in [-0.2, -0.15) is 11.8 Å². The minimum atomic E-state index is -0.599. The van der Waals surface area contributed by atoms with Gasteiger partial charge in [0.05, 0.1) is 12.8 Å². The summed E-state index contributed by atoms with van der Waals surface area (Å²) in [7, 11) is 1.32. The third-order valence-electron chi connectivity index (χ3n) is 2.95. The molecule has 1 unspecified atom stereocenters. The molecule has 2 rings (SSSR count). The van der Waals surface area contributed by atoms with Crippen molar-refractivity contribution in [2.24, 2.45) is 5.73 Å². The summed E-state index contributed by atoms with van der Waals surface area (Å²) in [5.41, 5.74) is 6.91. The summed E-state index contributed by atoms with van der Waals surface area (Å²) in [6.07, 6.45) is 2.22. The van der Waals surface area contributed by atoms with E-state index in [1.54, 1.807) is 30.1 Å². The molecule has 0 spiro atoms. The van der Waals surface area contributed by atoms with Gasteiger partial charge in [-0.3, -0.25) is 14.0 Å². The quantitative estimate of drug-likeness (QED) is 0.628. The zero-order valence-electron chi connectivity index (χ0n) is 11.7. The van der Waals surface area contributed by atoms with Crippen molar-refractivity contribution in [2.45, 2.75) is 18.2 Å². The second-order valence-electron chi connectivity index (χ2n) is 4.49. The standard InChI is InChI=1S/C14H17N3O3S/c1-20-14(19)11(15)5-7-21-9-10-8-13(18)17-6-3-2-4-12(17)16-10/h2-4,6,8,11H,5,7,9,15H2,1H3. The van der Waals surface area contributed by atoms with Crippen molar-refractivity contribution in [3.05, 3.63) is 46.5 Å². The van der Waals surface area contributed by atoms with Gasteiger partial charge in [0.15, 0.2) is 0 Å². The van der Waals surface area contributed by atoms with Gasteiger partial charge in [0, 0.05) is 18.0 Å². The maximum Gasteiger partial charge on any atom is 0.322 e. The van der Waals surface area contributed by atoms with E-state index in [2.05, 4.69) is 9.72 Å². The molecule has 2 N–H and O–H groups in total. The number of methoxy groups -OCH3 is 1. The SMILES string of the molecule is COC(=O)C(N)CCSCc1cc(=O)n2ccccc2n1. The van der Waals surface area contributed by atoms with Crippen LogP contribution in [0.5, 0.6) is 0 Å². The van der Waals surface area contributed by atoms with Crippen molar-refractivity contribution in [3.8, 4) is 0 Å². The number of nitrogens with two attached hydrogens (primary N) is 1. The zero-order chi connectivity index (χ0) is 15.2. The van der Waals surface area contributed by atoms with Gasteiger partial charge in [-0.15, -0.1) is 0 Å². The molecule has 21 heavy (non-hydrogen) atoms. The third kappa shape index (κ3) is 4.05. The average molecular weight is 307 g/mol. The van der Waals surface area contributed by atoms with Gasteiger partial charge in [0.2, 0.25) is 0 Å². The lowest BCUT2D eigenvalue weighted by molar-refractivity contribution is -0.142. The van der Waals surface area contributed by atoms with Gasteiger partial charge in [0.25, 0.3) is 5.56 Å². The van der Waals surface area contributed by atoms with Crippen molar-refractivity contribution in [1.82, 2.24) is 9.38 Å². The molecular formula is C14H17N3O3S. The molecule has 0 saturated heterocycles. The summed E-state index contributed by atoms with van der Waals surface area (Å²) in [5, 5.41) is 0. The lowest BCUT2D eigenvalue weighted by Crippen LogP contribution is -2.32. The number of ether oxygens (including phenoxy) is 1. The van der Waals surface area contributed by atoms with E-state index >= 15 is 0 Å². The number of carbonyl (C=O) groups is 1. The van der Waals surface area contributed by atoms with E-state index in [0.29, 0.717) is 23.6 Å². The fourth-order valence-electron chi connectivity index (χ4n) is 1.83. The third-order valence-corrected chi connectivity index (χ3v) is 3.98. The Morgan fingerprint density at radius 2 is 2.33 bits per heavy atom. The molecule has 0 amide bonds. The van der Waals surface area contributed by atoms with Crippen molar-refractivity contribution in [2.75, 3.05) is 12.9 Å². The van der Waals surface area contributed by atoms with E-state index in [1.165, 1.54) is 17.6 Å². The monoisotopic (exact) mass is 307 g/mol. The first-order valence-electron chi connectivity index (χ1n) is 6.50. The van der Waals surface area contributed by atoms with Crippen LogP contribution in [0, 0.1) is 0 Å². The van der Waals surface area contributed by atoms with Gasteiger partial charge in [-0.05, 0) is 24.3 Å². The maximum absolute atomic E-state index is 11.9. The number of thioether (sulfide) groups is 1. The first-order chi connectivity index (χ1) is 10.1. The second-order valence-corrected chi connectivity index (χ2v) is 5.59. The van der Waals surface area contributed by atoms with E-state index in [9.17, 15) is 9.59 Å². The summed E-state index contributed by atoms with van der Waals surface area (Å²) < 4.78 is 6.06. The number of hydrogen-bond acceptors (Lipinski definition) is 6. The van der Waals surface area contributed by atoms with Crippen LogP contribution >= 0.6 is 11.8 Å². The first-order valence-corrected chi connectivity index (χ1v) is 7.66. The van der Waals surface area contributed by atoms with Crippen molar-refractivity contribution in [1.29, 1.82) is 0 Å². The molecule has 0 aliphatic heterocycles. The van der Waals surface area contributed by atoms with Gasteiger partial charge >= 0.3 is 5.97 Å². The molecule has 6 nitrogen and oxygen atoms in total. The van der Waals surface area contributed by atoms with Crippen LogP contribution in [0.2, 0.25) is 0 Å². The molecule has 2 aromatic heterocycles. The summed E-state index contributed by atoms with van der Waals surface area (Å²) in [6.45, 7) is 0. The van der Waals surface area contributed by atoms with Crippen LogP contribution in [0.1, 0.15) is 12.1 Å². The maximum atomic E-state index is 11.9. The van der Waals surface area contributed by atoms with Crippen LogP contribution in [0.4, 0.5) is 0 Å². The molecule has 0 aromatic carbocycles. The molecule has 0 radical (unpaired) electrons. The topological polar surface area (TPSA) is 86.7 Å². The Hall–Kier alpha value is -1.86. The number of carbonyl (C=O) groups excluding carboxylic acids is 1. The Morgan fingerprint density at radius 3 is 3.10 bits per heavy atom. The number of nitrogens with zero attached hydrogens (tertiary/aromatic N) is 2. The number of aromatic nitrogens is 2. The highest BCUT2D eigenvalue weighted by atomic mass is 32.2. The zero-order valence-corrected chi connectivity index (χ0v) is 12.5. The Bertz CT molecular complexity index is 686. The van der Waals surface area contributed by atoms with Crippen molar-refractivity contribution < 1.29 is 9.53 Å². The lowest BCUT2D eigenvalue weighted by Gasteiger charge is -2.08. The van der Waals surface area contributed by atoms with E-state index in [-0.39, 0.29) is 5.56 Å². The molecule has 112 valence electrons. The van der Waals surface area contributed by atoms with Crippen LogP contribution < -0.4 is 11.3 Å². The average Bonchev–Trinajstić information content (AvgIpc) is 2.50. The number of pyridine rings is 1. The molecule has 0 bridgehead atoms. The minimum absolute atomic E-state index is 0.0949. The Balaban J connectivity index is 1.92. The normalized spacial score (nSPS) is 12.3. The van der Waals surface area contributed by atoms with Crippen LogP contribution in [-0.2, 0) is 15.3 Å². The van der Waals surface area contributed by atoms with E-state index in [0.717, 1.165) is 5.69 Å². The molecular weight excluding hydrogens is 290 g/mol. The minimum Gasteiger partial charge on any atom is -0.468 e. The van der Waals surface area contributed by atoms with Crippen LogP contribution in [0.15, 0.2) is 35.3 Å². The highest BCUT2D eigenvalue weighted by Gasteiger charge is 2.12. The van der Waals surface area contributed by atoms with Gasteiger partial charge in [0.1, 0.15) is 11.7 Å². The highest BCUT2D eigenvalue weighted by Crippen LogP contribution is 2.12. The smallest absolute Gasteiger partial charge is 0.322 e. The second kappa shape index (κ2) is 7.24. The van der Waals surface area contributed by atoms with Gasteiger partial charge < -0.3 is 10.5 Å². The summed E-state index contributed by atoms with van der Waals surface area (Å²) in [6, 6.07) is 6.35. The Labute approximate surface area is 126 Å². The van der Waals surface area contributed by atoms with Crippen molar-refractivity contribution >= 4 is 23.4 Å². The summed E-state index contributed by atoms with van der Waals surface area (Å²) in [4.78, 5) is 27.5. The summed E-state index contributed by atoms with van der Waals surface area (Å²) in [5.74, 6) is 0.901. The molecule has 2 aromatic rings. The van der Waals surface area contributed by atoms with E-state index in [4.69, 9.17) is 5.73 Å². The van der Waals surface area contributed by atoms with Gasteiger partial charge in [-0.25, -0.2) is 4.98 Å². The molecule has 0 aliphatic rings. The van der Waals surface area contributed by atoms with Crippen LogP contribution in [-0.4, -0.2) is 34.3 Å². The molecule has 7 heteroatoms. The summed E-state index contributed by atoms with van der Waals surface area (Å²) >= 11 is 1.58. The Kier molecular flexibility index (Phi) is 5.35. The fourth-order valence-corrected chi connectivity index (χ4v) is 2.76. The molecule has 0 fully saturated rings. The van der Waals surface area contributed by atoms with E-state index in [1.807, 2.05) is 6.07 Å². The Morgan fingerprint density at radius 1 is 1.52 bits per heavy atom. The highest BCUT2D eigenvalue weighted by molar-refractivity contribution is 7.98. The molecule has 0 saturated carbocycles. The molecule has 2 heterocycles. The predicted octanol–water partition coefficient (Wildman–Crippen LogP) is 0.818. The number of rotatable bonds is 6. The number of fused-ring (bicyclic) bond motifs is 1. The lowest BCUT2D eigenvalue weighted by atomic mass is 10.2. The van der Waals surface area contributed by atoms with Crippen LogP contribution in [0.25, 0.3) is 5.65 Å². The first kappa shape index (κ1) is 15.5. The molecule has 0 aliphatic carbocycles. The molecule has 1 atom stereocenters. The van der Waals surface area contributed by atoms with Crippen LogP contribution in [0.3, 0.4) is 0 Å². The fraction of sp³-hybridized carbons (Fsp3) is 0.357. The number of hydrogen-bond donors (Lipinski definition) is 1. The van der Waals surface area contributed by atoms with Gasteiger partial charge in [-0.1, -0.05) is 6.07 Å². The largest absolute Gasteiger partial charge is 0.468 e. The van der Waals surface area contributed by atoms with Crippen molar-refractivity contribution in [3.63, 3.8) is 0 Å². The van der Waals surface area contributed by atoms with E-state index < -0.39 is 12.0 Å².